The van der Waals surface area contributed by atoms with E-state index in [9.17, 15) is 14.4 Å². The number of rotatable bonds is 7. The van der Waals surface area contributed by atoms with E-state index in [2.05, 4.69) is 19.2 Å². The molecular weight excluding hydrogens is 470 g/mol. The van der Waals surface area contributed by atoms with E-state index in [0.717, 1.165) is 23.3 Å². The van der Waals surface area contributed by atoms with Gasteiger partial charge >= 0.3 is 17.9 Å². The Balaban J connectivity index is 1.71. The summed E-state index contributed by atoms with van der Waals surface area (Å²) in [4.78, 5) is 37.2. The predicted molar refractivity (Wildman–Crippen MR) is 137 cm³/mol. The number of fused-ring (bicyclic) bond motifs is 1. The van der Waals surface area contributed by atoms with Crippen LogP contribution in [0, 0.1) is 11.3 Å². The van der Waals surface area contributed by atoms with Crippen LogP contribution in [-0.2, 0) is 9.59 Å². The normalized spacial score (nSPS) is 10.1. The molecule has 0 spiro atoms. The summed E-state index contributed by atoms with van der Waals surface area (Å²) < 4.78 is 16.3. The number of nitrogens with zero attached hydrogens (tertiary/aromatic N) is 1. The van der Waals surface area contributed by atoms with Crippen molar-refractivity contribution in [3.8, 4) is 34.4 Å². The molecule has 7 nitrogen and oxygen atoms in total. The largest absolute Gasteiger partial charge is 0.423 e. The first kappa shape index (κ1) is 24.6. The van der Waals surface area contributed by atoms with Crippen LogP contribution in [0.5, 0.6) is 17.2 Å². The average molecular weight is 489 g/mol. The number of nitriles is 1. The van der Waals surface area contributed by atoms with E-state index in [4.69, 9.17) is 19.5 Å². The van der Waals surface area contributed by atoms with Gasteiger partial charge in [0.1, 0.15) is 17.1 Å². The molecule has 0 aromatic heterocycles. The second kappa shape index (κ2) is 10.8. The third kappa shape index (κ3) is 5.45. The molecule has 4 rings (SSSR count). The highest BCUT2D eigenvalue weighted by Gasteiger charge is 2.23. The maximum Gasteiger partial charge on any atom is 0.347 e. The van der Waals surface area contributed by atoms with Crippen molar-refractivity contribution in [2.24, 2.45) is 0 Å². The van der Waals surface area contributed by atoms with E-state index in [1.807, 2.05) is 12.1 Å². The minimum absolute atomic E-state index is 0.0573. The Morgan fingerprint density at radius 3 is 1.89 bits per heavy atom. The van der Waals surface area contributed by atoms with E-state index in [1.54, 1.807) is 60.7 Å². The number of esters is 3. The fourth-order valence-electron chi connectivity index (χ4n) is 3.57. The SMILES string of the molecule is C=CC(=O)Oc1cc(C(=O)Oc2ccc(-c3ccc(C#N)cc3)cc2)c(OC(=O)C=C)c2ccccc12. The van der Waals surface area contributed by atoms with Crippen LogP contribution in [0.15, 0.2) is 104 Å². The molecule has 0 amide bonds. The van der Waals surface area contributed by atoms with Gasteiger partial charge in [-0.05, 0) is 41.5 Å². The second-order valence-electron chi connectivity index (χ2n) is 7.65. The first-order chi connectivity index (χ1) is 17.9. The molecule has 0 N–H and O–H groups in total. The molecule has 0 saturated heterocycles. The zero-order valence-corrected chi connectivity index (χ0v) is 19.5. The molecule has 0 fully saturated rings. The summed E-state index contributed by atoms with van der Waals surface area (Å²) in [5, 5.41) is 9.76. The van der Waals surface area contributed by atoms with Crippen molar-refractivity contribution in [1.82, 2.24) is 0 Å². The van der Waals surface area contributed by atoms with Crippen molar-refractivity contribution in [2.45, 2.75) is 0 Å². The Morgan fingerprint density at radius 2 is 1.30 bits per heavy atom. The summed E-state index contributed by atoms with van der Waals surface area (Å²) in [5.74, 6) is -2.08. The first-order valence-electron chi connectivity index (χ1n) is 11.0. The fraction of sp³-hybridized carbons (Fsp3) is 0. The van der Waals surface area contributed by atoms with Crippen LogP contribution < -0.4 is 14.2 Å². The molecule has 7 heteroatoms. The van der Waals surface area contributed by atoms with Crippen LogP contribution in [0.25, 0.3) is 21.9 Å². The number of hydrogen-bond donors (Lipinski definition) is 0. The monoisotopic (exact) mass is 489 g/mol. The molecule has 0 aliphatic heterocycles. The lowest BCUT2D eigenvalue weighted by atomic mass is 10.0. The summed E-state index contributed by atoms with van der Waals surface area (Å²) in [6, 6.07) is 23.8. The number of carbonyl (C=O) groups is 3. The number of benzene rings is 4. The molecule has 0 atom stereocenters. The predicted octanol–water partition coefficient (Wildman–Crippen LogP) is 5.78. The molecule has 0 saturated carbocycles. The third-order valence-electron chi connectivity index (χ3n) is 5.34. The lowest BCUT2D eigenvalue weighted by Crippen LogP contribution is -2.14. The van der Waals surface area contributed by atoms with Crippen LogP contribution in [0.4, 0.5) is 0 Å². The van der Waals surface area contributed by atoms with Gasteiger partial charge in [0, 0.05) is 22.9 Å². The molecule has 4 aromatic carbocycles. The highest BCUT2D eigenvalue weighted by molar-refractivity contribution is 6.07. The van der Waals surface area contributed by atoms with E-state index < -0.39 is 17.9 Å². The van der Waals surface area contributed by atoms with E-state index in [-0.39, 0.29) is 22.8 Å². The van der Waals surface area contributed by atoms with Crippen LogP contribution in [0.1, 0.15) is 15.9 Å². The molecule has 37 heavy (non-hydrogen) atoms. The van der Waals surface area contributed by atoms with Gasteiger partial charge in [-0.2, -0.15) is 5.26 Å². The van der Waals surface area contributed by atoms with Gasteiger partial charge in [-0.3, -0.25) is 0 Å². The standard InChI is InChI=1S/C30H19NO6/c1-3-27(32)36-26-17-25(29(37-28(33)4-2)24-8-6-5-7-23(24)26)30(34)35-22-15-13-21(14-16-22)20-11-9-19(18-31)10-12-20/h3-17H,1-2H2. The van der Waals surface area contributed by atoms with Crippen LogP contribution in [0.3, 0.4) is 0 Å². The third-order valence-corrected chi connectivity index (χ3v) is 5.34. The molecule has 0 radical (unpaired) electrons. The molecule has 0 bridgehead atoms. The van der Waals surface area contributed by atoms with Gasteiger partial charge in [0.05, 0.1) is 11.6 Å². The minimum Gasteiger partial charge on any atom is -0.423 e. The van der Waals surface area contributed by atoms with Crippen molar-refractivity contribution in [3.05, 3.63) is 115 Å². The number of carbonyl (C=O) groups excluding carboxylic acids is 3. The van der Waals surface area contributed by atoms with Gasteiger partial charge in [0.2, 0.25) is 0 Å². The number of hydrogen-bond acceptors (Lipinski definition) is 7. The number of ether oxygens (including phenoxy) is 3. The van der Waals surface area contributed by atoms with E-state index in [1.165, 1.54) is 6.07 Å². The van der Waals surface area contributed by atoms with Crippen LogP contribution in [-0.4, -0.2) is 17.9 Å². The summed E-state index contributed by atoms with van der Waals surface area (Å²) in [7, 11) is 0. The topological polar surface area (TPSA) is 103 Å². The maximum absolute atomic E-state index is 13.3. The van der Waals surface area contributed by atoms with Crippen molar-refractivity contribution in [2.75, 3.05) is 0 Å². The van der Waals surface area contributed by atoms with Crippen molar-refractivity contribution in [1.29, 1.82) is 5.26 Å². The summed E-state index contributed by atoms with van der Waals surface area (Å²) in [6.45, 7) is 6.80. The lowest BCUT2D eigenvalue weighted by molar-refractivity contribution is -0.130. The van der Waals surface area contributed by atoms with Gasteiger partial charge in [-0.15, -0.1) is 0 Å². The summed E-state index contributed by atoms with van der Waals surface area (Å²) in [6.07, 6.45) is 1.96. The smallest absolute Gasteiger partial charge is 0.347 e. The Hall–Kier alpha value is -5.48. The van der Waals surface area contributed by atoms with Crippen molar-refractivity contribution < 1.29 is 28.6 Å². The molecule has 0 aliphatic carbocycles. The lowest BCUT2D eigenvalue weighted by Gasteiger charge is -2.15. The highest BCUT2D eigenvalue weighted by atomic mass is 16.6. The Kier molecular flexibility index (Phi) is 7.22. The van der Waals surface area contributed by atoms with E-state index >= 15 is 0 Å². The van der Waals surface area contributed by atoms with E-state index in [0.29, 0.717) is 16.3 Å². The zero-order valence-electron chi connectivity index (χ0n) is 19.5. The molecule has 180 valence electrons. The maximum atomic E-state index is 13.3. The van der Waals surface area contributed by atoms with Crippen LogP contribution in [0.2, 0.25) is 0 Å². The quantitative estimate of drug-likeness (QED) is 0.184. The minimum atomic E-state index is -0.834. The van der Waals surface area contributed by atoms with Crippen LogP contribution >= 0.6 is 0 Å². The van der Waals surface area contributed by atoms with Gasteiger partial charge < -0.3 is 14.2 Å². The average Bonchev–Trinajstić information content (AvgIpc) is 2.94. The zero-order chi connectivity index (χ0) is 26.4. The Morgan fingerprint density at radius 1 is 0.730 bits per heavy atom. The summed E-state index contributed by atoms with van der Waals surface area (Å²) >= 11 is 0. The molecule has 0 aliphatic rings. The summed E-state index contributed by atoms with van der Waals surface area (Å²) in [5.41, 5.74) is 2.17. The molecule has 4 aromatic rings. The van der Waals surface area contributed by atoms with Crippen molar-refractivity contribution in [3.63, 3.8) is 0 Å². The highest BCUT2D eigenvalue weighted by Crippen LogP contribution is 2.38. The Labute approximate surface area is 212 Å². The van der Waals surface area contributed by atoms with Crippen molar-refractivity contribution >= 4 is 28.7 Å². The molecule has 0 heterocycles. The second-order valence-corrected chi connectivity index (χ2v) is 7.65. The Bertz CT molecular complexity index is 1580. The van der Waals surface area contributed by atoms with Gasteiger partial charge in [-0.1, -0.05) is 61.7 Å². The fourth-order valence-corrected chi connectivity index (χ4v) is 3.57. The van der Waals surface area contributed by atoms with Gasteiger partial charge in [-0.25, -0.2) is 14.4 Å². The first-order valence-corrected chi connectivity index (χ1v) is 11.0. The molecular formula is C30H19NO6. The van der Waals surface area contributed by atoms with Gasteiger partial charge in [0.25, 0.3) is 0 Å². The molecule has 0 unspecified atom stereocenters. The van der Waals surface area contributed by atoms with Gasteiger partial charge in [0.15, 0.2) is 5.75 Å².